The molecule has 0 aromatic heterocycles. The maximum atomic E-state index is 11.8. The van der Waals surface area contributed by atoms with Crippen LogP contribution >= 0.6 is 0 Å². The Balaban J connectivity index is 3.97. The largest absolute Gasteiger partial charge is 0.389 e. The Labute approximate surface area is 93.4 Å². The summed E-state index contributed by atoms with van der Waals surface area (Å²) >= 11 is 0. The number of nitrogens with one attached hydrogen (secondary N) is 1. The first kappa shape index (κ1) is 15.7. The number of hydrogen-bond acceptors (Lipinski definition) is 3. The van der Waals surface area contributed by atoms with Crippen molar-refractivity contribution in [2.45, 2.75) is 38.4 Å². The fourth-order valence-corrected chi connectivity index (χ4v) is 2.51. The lowest BCUT2D eigenvalue weighted by atomic mass is 10.3. The van der Waals surface area contributed by atoms with Crippen molar-refractivity contribution in [3.63, 3.8) is 0 Å². The van der Waals surface area contributed by atoms with E-state index in [0.717, 1.165) is 0 Å². The SMILES string of the molecule is CC(CCN)NS(=O)(=O)CCCC(F)(F)F. The molecule has 0 bridgehead atoms. The molecule has 3 N–H and O–H groups in total. The van der Waals surface area contributed by atoms with Gasteiger partial charge in [-0.15, -0.1) is 0 Å². The highest BCUT2D eigenvalue weighted by Gasteiger charge is 2.27. The Kier molecular flexibility index (Phi) is 6.27. The second kappa shape index (κ2) is 6.41. The molecule has 0 aliphatic carbocycles. The molecule has 0 saturated carbocycles. The van der Waals surface area contributed by atoms with E-state index in [1.54, 1.807) is 6.92 Å². The van der Waals surface area contributed by atoms with Crippen LogP contribution in [0.5, 0.6) is 0 Å². The van der Waals surface area contributed by atoms with Crippen LogP contribution in [0.4, 0.5) is 13.2 Å². The van der Waals surface area contributed by atoms with Gasteiger partial charge in [0.2, 0.25) is 10.0 Å². The van der Waals surface area contributed by atoms with Crippen molar-refractivity contribution in [3.8, 4) is 0 Å². The van der Waals surface area contributed by atoms with Gasteiger partial charge in [0.05, 0.1) is 5.75 Å². The predicted molar refractivity (Wildman–Crippen MR) is 55.3 cm³/mol. The highest BCUT2D eigenvalue weighted by molar-refractivity contribution is 7.89. The van der Waals surface area contributed by atoms with Crippen LogP contribution in [0, 0.1) is 0 Å². The molecule has 0 amide bonds. The zero-order valence-corrected chi connectivity index (χ0v) is 9.87. The lowest BCUT2D eigenvalue weighted by Crippen LogP contribution is -2.35. The molecule has 0 aliphatic heterocycles. The van der Waals surface area contributed by atoms with E-state index in [1.807, 2.05) is 0 Å². The average Bonchev–Trinajstić information content (AvgIpc) is 1.99. The van der Waals surface area contributed by atoms with Crippen LogP contribution < -0.4 is 10.5 Å². The van der Waals surface area contributed by atoms with Crippen molar-refractivity contribution in [2.24, 2.45) is 5.73 Å². The van der Waals surface area contributed by atoms with Crippen molar-refractivity contribution in [1.82, 2.24) is 4.72 Å². The van der Waals surface area contributed by atoms with Gasteiger partial charge in [-0.05, 0) is 26.3 Å². The van der Waals surface area contributed by atoms with E-state index in [4.69, 9.17) is 5.73 Å². The van der Waals surface area contributed by atoms with Gasteiger partial charge in [-0.2, -0.15) is 13.2 Å². The summed E-state index contributed by atoms with van der Waals surface area (Å²) in [6.07, 6.45) is -5.36. The second-order valence-electron chi connectivity index (χ2n) is 3.63. The number of nitrogens with two attached hydrogens (primary N) is 1. The molecule has 0 fully saturated rings. The summed E-state index contributed by atoms with van der Waals surface area (Å²) in [6, 6.07) is -0.346. The van der Waals surface area contributed by atoms with E-state index < -0.39 is 34.8 Å². The molecule has 16 heavy (non-hydrogen) atoms. The summed E-state index contributed by atoms with van der Waals surface area (Å²) in [5.41, 5.74) is 5.22. The van der Waals surface area contributed by atoms with Gasteiger partial charge in [-0.3, -0.25) is 0 Å². The topological polar surface area (TPSA) is 72.2 Å². The van der Waals surface area contributed by atoms with Gasteiger partial charge in [0, 0.05) is 12.5 Å². The third-order valence-corrected chi connectivity index (χ3v) is 3.44. The summed E-state index contributed by atoms with van der Waals surface area (Å²) in [4.78, 5) is 0. The predicted octanol–water partition coefficient (Wildman–Crippen LogP) is 0.986. The molecule has 0 saturated heterocycles. The lowest BCUT2D eigenvalue weighted by molar-refractivity contribution is -0.134. The van der Waals surface area contributed by atoms with Crippen LogP contribution in [-0.4, -0.2) is 32.9 Å². The minimum atomic E-state index is -4.31. The molecule has 1 atom stereocenters. The maximum absolute atomic E-state index is 11.8. The Hall–Kier alpha value is -0.340. The molecule has 0 rings (SSSR count). The fraction of sp³-hybridized carbons (Fsp3) is 1.00. The van der Waals surface area contributed by atoms with Crippen LogP contribution in [0.2, 0.25) is 0 Å². The molecule has 1 unspecified atom stereocenters. The number of halogens is 3. The van der Waals surface area contributed by atoms with Gasteiger partial charge in [-0.1, -0.05) is 0 Å². The van der Waals surface area contributed by atoms with E-state index in [-0.39, 0.29) is 6.04 Å². The molecule has 0 aliphatic rings. The number of sulfonamides is 1. The van der Waals surface area contributed by atoms with E-state index in [1.165, 1.54) is 0 Å². The summed E-state index contributed by atoms with van der Waals surface area (Å²) in [5.74, 6) is -0.512. The van der Waals surface area contributed by atoms with E-state index in [0.29, 0.717) is 13.0 Å². The Bertz CT molecular complexity index is 290. The minimum absolute atomic E-state index is 0.326. The molecular weight excluding hydrogens is 245 g/mol. The average molecular weight is 262 g/mol. The second-order valence-corrected chi connectivity index (χ2v) is 5.51. The monoisotopic (exact) mass is 262 g/mol. The normalized spacial score (nSPS) is 15.1. The molecule has 0 radical (unpaired) electrons. The highest BCUT2D eigenvalue weighted by Crippen LogP contribution is 2.21. The quantitative estimate of drug-likeness (QED) is 0.718. The molecule has 4 nitrogen and oxygen atoms in total. The molecule has 0 heterocycles. The van der Waals surface area contributed by atoms with Crippen LogP contribution in [0.1, 0.15) is 26.2 Å². The summed E-state index contributed by atoms with van der Waals surface area (Å²) in [6.45, 7) is 1.94. The molecule has 8 heteroatoms. The van der Waals surface area contributed by atoms with Gasteiger partial charge in [-0.25, -0.2) is 13.1 Å². The Morgan fingerprint density at radius 3 is 2.38 bits per heavy atom. The Morgan fingerprint density at radius 2 is 1.94 bits per heavy atom. The van der Waals surface area contributed by atoms with Crippen molar-refractivity contribution >= 4 is 10.0 Å². The van der Waals surface area contributed by atoms with E-state index >= 15 is 0 Å². The van der Waals surface area contributed by atoms with Crippen LogP contribution in [-0.2, 0) is 10.0 Å². The van der Waals surface area contributed by atoms with Gasteiger partial charge in [0.25, 0.3) is 0 Å². The third kappa shape index (κ3) is 8.93. The zero-order valence-electron chi connectivity index (χ0n) is 9.05. The van der Waals surface area contributed by atoms with Crippen molar-refractivity contribution in [1.29, 1.82) is 0 Å². The smallest absolute Gasteiger partial charge is 0.330 e. The first-order valence-electron chi connectivity index (χ1n) is 4.93. The number of rotatable bonds is 7. The van der Waals surface area contributed by atoms with Gasteiger partial charge >= 0.3 is 6.18 Å². The zero-order chi connectivity index (χ0) is 12.8. The van der Waals surface area contributed by atoms with Gasteiger partial charge in [0.1, 0.15) is 0 Å². The molecule has 0 spiro atoms. The summed E-state index contributed by atoms with van der Waals surface area (Å²) in [5, 5.41) is 0. The van der Waals surface area contributed by atoms with Crippen LogP contribution in [0.3, 0.4) is 0 Å². The van der Waals surface area contributed by atoms with Gasteiger partial charge in [0.15, 0.2) is 0 Å². The van der Waals surface area contributed by atoms with Crippen molar-refractivity contribution in [2.75, 3.05) is 12.3 Å². The molecule has 0 aromatic rings. The number of alkyl halides is 3. The summed E-state index contributed by atoms with van der Waals surface area (Å²) in [7, 11) is -3.63. The lowest BCUT2D eigenvalue weighted by Gasteiger charge is -2.13. The van der Waals surface area contributed by atoms with Crippen LogP contribution in [0.25, 0.3) is 0 Å². The first-order valence-corrected chi connectivity index (χ1v) is 6.58. The van der Waals surface area contributed by atoms with E-state index in [9.17, 15) is 21.6 Å². The van der Waals surface area contributed by atoms with Crippen molar-refractivity contribution < 1.29 is 21.6 Å². The van der Waals surface area contributed by atoms with Gasteiger partial charge < -0.3 is 5.73 Å². The third-order valence-electron chi connectivity index (χ3n) is 1.85. The van der Waals surface area contributed by atoms with E-state index in [2.05, 4.69) is 4.72 Å². The minimum Gasteiger partial charge on any atom is -0.330 e. The van der Waals surface area contributed by atoms with Crippen LogP contribution in [0.15, 0.2) is 0 Å². The maximum Gasteiger partial charge on any atom is 0.389 e. The fourth-order valence-electron chi connectivity index (χ4n) is 1.14. The van der Waals surface area contributed by atoms with Crippen molar-refractivity contribution in [3.05, 3.63) is 0 Å². The molecule has 0 aromatic carbocycles. The molecular formula is C8H17F3N2O2S. The Morgan fingerprint density at radius 1 is 1.38 bits per heavy atom. The highest BCUT2D eigenvalue weighted by atomic mass is 32.2. The first-order chi connectivity index (χ1) is 7.16. The summed E-state index contributed by atoms with van der Waals surface area (Å²) < 4.78 is 60.2. The molecule has 98 valence electrons. The standard InChI is InChI=1S/C8H17F3N2O2S/c1-7(3-5-12)13-16(14,15)6-2-4-8(9,10)11/h7,13H,2-6,12H2,1H3. The number of hydrogen-bond donors (Lipinski definition) is 2.